The largest absolute Gasteiger partial charge is 0.492 e. The van der Waals surface area contributed by atoms with Gasteiger partial charge in [0, 0.05) is 26.2 Å². The highest BCUT2D eigenvalue weighted by molar-refractivity contribution is 7.89. The van der Waals surface area contributed by atoms with Crippen molar-refractivity contribution < 1.29 is 22.6 Å². The molecule has 0 radical (unpaired) electrons. The van der Waals surface area contributed by atoms with Crippen LogP contribution in [0.3, 0.4) is 0 Å². The topological polar surface area (TPSA) is 108 Å². The van der Waals surface area contributed by atoms with Crippen molar-refractivity contribution >= 4 is 33.2 Å². The van der Waals surface area contributed by atoms with Gasteiger partial charge in [0.15, 0.2) is 5.82 Å². The van der Waals surface area contributed by atoms with Crippen molar-refractivity contribution in [2.75, 3.05) is 39.5 Å². The molecule has 4 rings (SSSR count). The van der Waals surface area contributed by atoms with Crippen molar-refractivity contribution in [3.05, 3.63) is 58.3 Å². The zero-order valence-corrected chi connectivity index (χ0v) is 22.9. The minimum absolute atomic E-state index is 0.0000379. The van der Waals surface area contributed by atoms with Crippen LogP contribution in [0, 0.1) is 0 Å². The van der Waals surface area contributed by atoms with Gasteiger partial charge >= 0.3 is 6.01 Å². The Morgan fingerprint density at radius 3 is 2.43 bits per heavy atom. The summed E-state index contributed by atoms with van der Waals surface area (Å²) in [4.78, 5) is 2.31. The number of aromatic nitrogens is 3. The number of sulfonamides is 1. The summed E-state index contributed by atoms with van der Waals surface area (Å²) in [5.41, 5.74) is 0. The fourth-order valence-electron chi connectivity index (χ4n) is 3.82. The maximum absolute atomic E-state index is 12.9. The van der Waals surface area contributed by atoms with Gasteiger partial charge in [0.05, 0.1) is 34.2 Å². The summed E-state index contributed by atoms with van der Waals surface area (Å²) in [7, 11) is -3.88. The van der Waals surface area contributed by atoms with Crippen LogP contribution in [-0.4, -0.2) is 67.5 Å². The van der Waals surface area contributed by atoms with Gasteiger partial charge in [-0.05, 0) is 56.3 Å². The van der Waals surface area contributed by atoms with Gasteiger partial charge in [-0.2, -0.15) is 0 Å². The van der Waals surface area contributed by atoms with Gasteiger partial charge in [-0.1, -0.05) is 28.3 Å². The van der Waals surface area contributed by atoms with Crippen LogP contribution in [0.2, 0.25) is 10.0 Å². The van der Waals surface area contributed by atoms with E-state index in [4.69, 9.17) is 37.4 Å². The molecule has 2 heterocycles. The minimum Gasteiger partial charge on any atom is -0.492 e. The first-order valence-corrected chi connectivity index (χ1v) is 14.1. The summed E-state index contributed by atoms with van der Waals surface area (Å²) < 4.78 is 47.1. The molecular weight excluding hydrogens is 541 g/mol. The van der Waals surface area contributed by atoms with Gasteiger partial charge in [0.2, 0.25) is 10.0 Å². The Hall–Kier alpha value is -2.41. The first-order valence-electron chi connectivity index (χ1n) is 11.9. The van der Waals surface area contributed by atoms with Crippen LogP contribution in [0.4, 0.5) is 0 Å². The van der Waals surface area contributed by atoms with E-state index in [1.165, 1.54) is 18.2 Å². The quantitative estimate of drug-likeness (QED) is 0.367. The molecule has 1 fully saturated rings. The van der Waals surface area contributed by atoms with E-state index in [0.717, 1.165) is 38.6 Å². The molecule has 0 bridgehead atoms. The van der Waals surface area contributed by atoms with Crippen LogP contribution < -0.4 is 14.2 Å². The van der Waals surface area contributed by atoms with E-state index >= 15 is 0 Å². The number of hydrogen-bond donors (Lipinski definition) is 1. The lowest BCUT2D eigenvalue weighted by atomic mass is 10.3. The Balaban J connectivity index is 1.37. The highest BCUT2D eigenvalue weighted by Gasteiger charge is 2.24. The average Bonchev–Trinajstić information content (AvgIpc) is 3.29. The Morgan fingerprint density at radius 2 is 1.76 bits per heavy atom. The molecule has 1 aliphatic rings. The van der Waals surface area contributed by atoms with Gasteiger partial charge in [-0.25, -0.2) is 13.1 Å². The summed E-state index contributed by atoms with van der Waals surface area (Å²) in [5.74, 6) is 1.70. The van der Waals surface area contributed by atoms with Crippen LogP contribution in [0.1, 0.15) is 25.7 Å². The molecule has 0 aliphatic carbocycles. The van der Waals surface area contributed by atoms with Gasteiger partial charge in [-0.3, -0.25) is 9.47 Å². The molecule has 13 heteroatoms. The number of hydrogen-bond acceptors (Lipinski definition) is 8. The van der Waals surface area contributed by atoms with Crippen LogP contribution in [-0.2, 0) is 21.3 Å². The molecule has 200 valence electrons. The van der Waals surface area contributed by atoms with E-state index in [1.807, 2.05) is 19.1 Å². The molecule has 1 N–H and O–H groups in total. The predicted molar refractivity (Wildman–Crippen MR) is 140 cm³/mol. The van der Waals surface area contributed by atoms with E-state index in [9.17, 15) is 8.42 Å². The van der Waals surface area contributed by atoms with Crippen molar-refractivity contribution in [3.8, 4) is 17.5 Å². The van der Waals surface area contributed by atoms with E-state index < -0.39 is 16.1 Å². The Labute approximate surface area is 226 Å². The first-order chi connectivity index (χ1) is 17.8. The van der Waals surface area contributed by atoms with E-state index in [1.54, 1.807) is 23.6 Å². The molecule has 0 spiro atoms. The lowest BCUT2D eigenvalue weighted by Crippen LogP contribution is -2.38. The summed E-state index contributed by atoms with van der Waals surface area (Å²) >= 11 is 11.9. The second kappa shape index (κ2) is 12.4. The number of benzene rings is 2. The van der Waals surface area contributed by atoms with E-state index in [2.05, 4.69) is 19.8 Å². The van der Waals surface area contributed by atoms with Gasteiger partial charge in [-0.15, -0.1) is 5.10 Å². The third-order valence-corrected chi connectivity index (χ3v) is 8.07. The molecule has 1 saturated heterocycles. The molecule has 3 aromatic rings. The molecule has 1 atom stereocenters. The number of morpholine rings is 1. The van der Waals surface area contributed by atoms with Crippen molar-refractivity contribution in [1.82, 2.24) is 24.4 Å². The molecule has 0 saturated carbocycles. The summed E-state index contributed by atoms with van der Waals surface area (Å²) in [5, 5.41) is 8.72. The van der Waals surface area contributed by atoms with Crippen molar-refractivity contribution in [3.63, 3.8) is 0 Å². The molecule has 1 aromatic heterocycles. The van der Waals surface area contributed by atoms with Crippen molar-refractivity contribution in [1.29, 1.82) is 0 Å². The SMILES string of the molecule is CCn1c(Oc2ccc(OCCN3CCOCC3)cc2)nnc1[C@@H](C)NS(=O)(=O)c1ccc(Cl)c(Cl)c1. The number of halogens is 2. The lowest BCUT2D eigenvalue weighted by molar-refractivity contribution is 0.0322. The lowest BCUT2D eigenvalue weighted by Gasteiger charge is -2.26. The summed E-state index contributed by atoms with van der Waals surface area (Å²) in [6, 6.07) is 10.9. The molecule has 1 aliphatic heterocycles. The third kappa shape index (κ3) is 7.13. The minimum atomic E-state index is -3.88. The number of nitrogens with zero attached hydrogens (tertiary/aromatic N) is 4. The number of ether oxygens (including phenoxy) is 3. The van der Waals surface area contributed by atoms with Crippen LogP contribution in [0.15, 0.2) is 47.4 Å². The van der Waals surface area contributed by atoms with Gasteiger partial charge in [0.1, 0.15) is 18.1 Å². The van der Waals surface area contributed by atoms with Crippen LogP contribution >= 0.6 is 23.2 Å². The van der Waals surface area contributed by atoms with E-state index in [-0.39, 0.29) is 21.0 Å². The summed E-state index contributed by atoms with van der Waals surface area (Å²) in [6.45, 7) is 8.84. The Kier molecular flexibility index (Phi) is 9.27. The van der Waals surface area contributed by atoms with E-state index in [0.29, 0.717) is 24.7 Å². The molecule has 10 nitrogen and oxygen atoms in total. The van der Waals surface area contributed by atoms with Gasteiger partial charge < -0.3 is 14.2 Å². The Morgan fingerprint density at radius 1 is 1.05 bits per heavy atom. The number of rotatable bonds is 11. The smallest absolute Gasteiger partial charge is 0.322 e. The average molecular weight is 570 g/mol. The standard InChI is InChI=1S/C24H29Cl2N5O5S/c1-3-31-23(17(2)29-37(32,33)20-8-9-21(25)22(26)16-20)27-28-24(31)36-19-6-4-18(5-7-19)35-15-12-30-10-13-34-14-11-30/h4-9,16-17,29H,3,10-15H2,1-2H3/t17-/m1/s1. The Bertz CT molecular complexity index is 1300. The second-order valence-corrected chi connectivity index (χ2v) is 10.9. The summed E-state index contributed by atoms with van der Waals surface area (Å²) in [6.07, 6.45) is 0. The van der Waals surface area contributed by atoms with Gasteiger partial charge in [0.25, 0.3) is 0 Å². The molecular formula is C24H29Cl2N5O5S. The zero-order chi connectivity index (χ0) is 26.4. The van der Waals surface area contributed by atoms with Crippen molar-refractivity contribution in [2.24, 2.45) is 0 Å². The monoisotopic (exact) mass is 569 g/mol. The molecule has 37 heavy (non-hydrogen) atoms. The second-order valence-electron chi connectivity index (χ2n) is 8.38. The van der Waals surface area contributed by atoms with Crippen molar-refractivity contribution in [2.45, 2.75) is 31.3 Å². The maximum atomic E-state index is 12.9. The first kappa shape index (κ1) is 27.6. The molecule has 2 aromatic carbocycles. The zero-order valence-electron chi connectivity index (χ0n) is 20.6. The van der Waals surface area contributed by atoms with Crippen LogP contribution in [0.25, 0.3) is 0 Å². The highest BCUT2D eigenvalue weighted by atomic mass is 35.5. The fraction of sp³-hybridized carbons (Fsp3) is 0.417. The van der Waals surface area contributed by atoms with Crippen LogP contribution in [0.5, 0.6) is 17.5 Å². The fourth-order valence-corrected chi connectivity index (χ4v) is 5.41. The maximum Gasteiger partial charge on any atom is 0.322 e. The molecule has 0 amide bonds. The predicted octanol–water partition coefficient (Wildman–Crippen LogP) is 4.15. The molecule has 0 unspecified atom stereocenters. The third-order valence-electron chi connectivity index (χ3n) is 5.80. The highest BCUT2D eigenvalue weighted by Crippen LogP contribution is 2.27. The normalized spacial score (nSPS) is 15.5. The number of nitrogens with one attached hydrogen (secondary N) is 1.